The molecule has 0 radical (unpaired) electrons. The highest BCUT2D eigenvalue weighted by molar-refractivity contribution is 6.03. The lowest BCUT2D eigenvalue weighted by Crippen LogP contribution is -2.34. The number of rotatable bonds is 4. The summed E-state index contributed by atoms with van der Waals surface area (Å²) in [7, 11) is 0. The molecule has 0 saturated carbocycles. The number of hydrogen-bond acceptors (Lipinski definition) is 4. The molecule has 134 valence electrons. The molecule has 0 heterocycles. The molecule has 0 aromatic rings. The Morgan fingerprint density at radius 1 is 0.833 bits per heavy atom. The lowest BCUT2D eigenvalue weighted by molar-refractivity contribution is -0.119. The van der Waals surface area contributed by atoms with Crippen LogP contribution < -0.4 is 0 Å². The van der Waals surface area contributed by atoms with Crippen LogP contribution in [0, 0.1) is 16.7 Å². The Labute approximate surface area is 144 Å². The van der Waals surface area contributed by atoms with Gasteiger partial charge in [0.15, 0.2) is 11.6 Å². The van der Waals surface area contributed by atoms with E-state index < -0.39 is 5.92 Å². The molecule has 0 aliphatic heterocycles. The van der Waals surface area contributed by atoms with Gasteiger partial charge in [0.2, 0.25) is 0 Å². The minimum atomic E-state index is -0.484. The first-order chi connectivity index (χ1) is 11.0. The molecule has 2 aliphatic rings. The summed E-state index contributed by atoms with van der Waals surface area (Å²) in [6, 6.07) is 0. The number of carbonyl (C=O) groups is 2. The van der Waals surface area contributed by atoms with Crippen LogP contribution in [0.25, 0.3) is 0 Å². The highest BCUT2D eigenvalue weighted by Crippen LogP contribution is 2.45. The maximum absolute atomic E-state index is 12.7. The van der Waals surface area contributed by atoms with Gasteiger partial charge in [0.05, 0.1) is 0 Å². The Hall–Kier alpha value is -1.58. The Balaban J connectivity index is 2.51. The fraction of sp³-hybridized carbons (Fsp3) is 0.700. The molecule has 0 fully saturated rings. The standard InChI is InChI=1S/C20H30O4/c1-6-7-12(17-13(21)8-19(2,3)9-14(17)22)18-15(23)10-20(4,5)11-16(18)24/h12,21,23H,6-11H2,1-5H3. The average molecular weight is 334 g/mol. The third kappa shape index (κ3) is 3.73. The molecule has 24 heavy (non-hydrogen) atoms. The second-order valence-corrected chi connectivity index (χ2v) is 8.94. The van der Waals surface area contributed by atoms with Gasteiger partial charge in [-0.05, 0) is 17.3 Å². The quantitative estimate of drug-likeness (QED) is 0.774. The lowest BCUT2D eigenvalue weighted by Gasteiger charge is -2.36. The molecule has 4 heteroatoms. The molecule has 0 bridgehead atoms. The van der Waals surface area contributed by atoms with E-state index in [-0.39, 0.29) is 33.9 Å². The maximum Gasteiger partial charge on any atom is 0.163 e. The molecular formula is C20H30O4. The third-order valence-electron chi connectivity index (χ3n) is 5.07. The van der Waals surface area contributed by atoms with Crippen molar-refractivity contribution in [1.82, 2.24) is 0 Å². The third-order valence-corrected chi connectivity index (χ3v) is 5.07. The summed E-state index contributed by atoms with van der Waals surface area (Å²) in [5, 5.41) is 21.0. The van der Waals surface area contributed by atoms with E-state index in [1.54, 1.807) is 0 Å². The molecule has 2 rings (SSSR count). The van der Waals surface area contributed by atoms with Crippen molar-refractivity contribution in [2.24, 2.45) is 16.7 Å². The van der Waals surface area contributed by atoms with E-state index in [2.05, 4.69) is 0 Å². The molecule has 0 aromatic carbocycles. The fourth-order valence-corrected chi connectivity index (χ4v) is 4.12. The number of hydrogen-bond donors (Lipinski definition) is 2. The first-order valence-electron chi connectivity index (χ1n) is 8.88. The predicted molar refractivity (Wildman–Crippen MR) is 93.8 cm³/mol. The molecule has 0 saturated heterocycles. The summed E-state index contributed by atoms with van der Waals surface area (Å²) < 4.78 is 0. The van der Waals surface area contributed by atoms with Crippen molar-refractivity contribution in [3.8, 4) is 0 Å². The van der Waals surface area contributed by atoms with E-state index in [1.807, 2.05) is 34.6 Å². The van der Waals surface area contributed by atoms with Gasteiger partial charge in [-0.15, -0.1) is 0 Å². The average Bonchev–Trinajstić information content (AvgIpc) is 2.33. The van der Waals surface area contributed by atoms with Crippen molar-refractivity contribution in [2.75, 3.05) is 0 Å². The minimum Gasteiger partial charge on any atom is -0.512 e. The highest BCUT2D eigenvalue weighted by Gasteiger charge is 2.42. The Morgan fingerprint density at radius 3 is 1.50 bits per heavy atom. The monoisotopic (exact) mass is 334 g/mol. The van der Waals surface area contributed by atoms with Crippen LogP contribution in [0.3, 0.4) is 0 Å². The van der Waals surface area contributed by atoms with Crippen molar-refractivity contribution < 1.29 is 19.8 Å². The van der Waals surface area contributed by atoms with Crippen LogP contribution >= 0.6 is 0 Å². The highest BCUT2D eigenvalue weighted by atomic mass is 16.3. The van der Waals surface area contributed by atoms with Crippen molar-refractivity contribution in [3.05, 3.63) is 22.7 Å². The van der Waals surface area contributed by atoms with Crippen LogP contribution in [-0.4, -0.2) is 21.8 Å². The molecule has 2 N–H and O–H groups in total. The summed E-state index contributed by atoms with van der Waals surface area (Å²) in [5.74, 6) is -0.497. The zero-order chi connectivity index (χ0) is 18.3. The predicted octanol–water partition coefficient (Wildman–Crippen LogP) is 4.81. The number of aliphatic hydroxyl groups is 2. The number of carbonyl (C=O) groups excluding carboxylic acids is 2. The molecule has 2 aliphatic carbocycles. The zero-order valence-corrected chi connectivity index (χ0v) is 15.5. The number of ketones is 2. The summed E-state index contributed by atoms with van der Waals surface area (Å²) >= 11 is 0. The number of aliphatic hydroxyl groups excluding tert-OH is 2. The van der Waals surface area contributed by atoms with Crippen molar-refractivity contribution >= 4 is 11.6 Å². The molecule has 0 unspecified atom stereocenters. The summed E-state index contributed by atoms with van der Waals surface area (Å²) in [6.45, 7) is 9.81. The van der Waals surface area contributed by atoms with E-state index >= 15 is 0 Å². The van der Waals surface area contributed by atoms with Crippen LogP contribution in [-0.2, 0) is 9.59 Å². The number of allylic oxidation sites excluding steroid dienone is 4. The van der Waals surface area contributed by atoms with Gasteiger partial charge in [-0.1, -0.05) is 41.0 Å². The molecule has 0 atom stereocenters. The molecule has 0 aromatic heterocycles. The second-order valence-electron chi connectivity index (χ2n) is 8.94. The van der Waals surface area contributed by atoms with Gasteiger partial charge >= 0.3 is 0 Å². The van der Waals surface area contributed by atoms with Gasteiger partial charge in [0.1, 0.15) is 11.5 Å². The molecular weight excluding hydrogens is 304 g/mol. The molecule has 4 nitrogen and oxygen atoms in total. The van der Waals surface area contributed by atoms with Gasteiger partial charge in [-0.3, -0.25) is 9.59 Å². The summed E-state index contributed by atoms with van der Waals surface area (Å²) in [5.41, 5.74) is 0.170. The van der Waals surface area contributed by atoms with Crippen molar-refractivity contribution in [1.29, 1.82) is 0 Å². The van der Waals surface area contributed by atoms with Crippen LogP contribution in [0.15, 0.2) is 22.7 Å². The zero-order valence-electron chi connectivity index (χ0n) is 15.5. The van der Waals surface area contributed by atoms with E-state index in [4.69, 9.17) is 0 Å². The normalized spacial score (nSPS) is 24.1. The van der Waals surface area contributed by atoms with Gasteiger partial charge < -0.3 is 10.2 Å². The second kappa shape index (κ2) is 6.38. The van der Waals surface area contributed by atoms with Crippen LogP contribution in [0.1, 0.15) is 73.1 Å². The first-order valence-corrected chi connectivity index (χ1v) is 8.88. The topological polar surface area (TPSA) is 74.6 Å². The first kappa shape index (κ1) is 18.8. The molecule has 0 amide bonds. The van der Waals surface area contributed by atoms with E-state index in [0.717, 1.165) is 6.42 Å². The van der Waals surface area contributed by atoms with E-state index in [9.17, 15) is 19.8 Å². The van der Waals surface area contributed by atoms with Gasteiger partial charge in [0.25, 0.3) is 0 Å². The van der Waals surface area contributed by atoms with E-state index in [1.165, 1.54) is 0 Å². The molecule has 0 spiro atoms. The minimum absolute atomic E-state index is 0.0904. The maximum atomic E-state index is 12.7. The SMILES string of the molecule is CCCC(C1=C(O)CC(C)(C)CC1=O)C1=C(O)CC(C)(C)CC1=O. The summed E-state index contributed by atoms with van der Waals surface area (Å²) in [6.07, 6.45) is 2.94. The van der Waals surface area contributed by atoms with E-state index in [0.29, 0.717) is 43.3 Å². The van der Waals surface area contributed by atoms with Crippen LogP contribution in [0.5, 0.6) is 0 Å². The van der Waals surface area contributed by atoms with Gasteiger partial charge in [0, 0.05) is 42.7 Å². The van der Waals surface area contributed by atoms with Crippen LogP contribution in [0.4, 0.5) is 0 Å². The van der Waals surface area contributed by atoms with Crippen molar-refractivity contribution in [2.45, 2.75) is 73.1 Å². The van der Waals surface area contributed by atoms with Crippen molar-refractivity contribution in [3.63, 3.8) is 0 Å². The van der Waals surface area contributed by atoms with Crippen LogP contribution in [0.2, 0.25) is 0 Å². The van der Waals surface area contributed by atoms with Gasteiger partial charge in [-0.2, -0.15) is 0 Å². The Bertz CT molecular complexity index is 568. The smallest absolute Gasteiger partial charge is 0.163 e. The Kier molecular flexibility index (Phi) is 4.98. The fourth-order valence-electron chi connectivity index (χ4n) is 4.12. The lowest BCUT2D eigenvalue weighted by atomic mass is 9.67. The largest absolute Gasteiger partial charge is 0.512 e. The van der Waals surface area contributed by atoms with Gasteiger partial charge in [-0.25, -0.2) is 0 Å². The number of Topliss-reactive ketones (excluding diaryl/α,β-unsaturated/α-hetero) is 2. The summed E-state index contributed by atoms with van der Waals surface area (Å²) in [4.78, 5) is 25.4. The Morgan fingerprint density at radius 2 is 1.21 bits per heavy atom.